The third kappa shape index (κ3) is 2.87. The van der Waals surface area contributed by atoms with E-state index in [1.54, 1.807) is 11.0 Å². The van der Waals surface area contributed by atoms with E-state index in [9.17, 15) is 14.4 Å². The van der Waals surface area contributed by atoms with Crippen molar-refractivity contribution in [3.05, 3.63) is 29.8 Å². The number of hydrogen-bond acceptors (Lipinski definition) is 4. The summed E-state index contributed by atoms with van der Waals surface area (Å²) >= 11 is 0. The van der Waals surface area contributed by atoms with Crippen LogP contribution in [0.25, 0.3) is 0 Å². The molecule has 0 aliphatic carbocycles. The normalized spacial score (nSPS) is 20.3. The van der Waals surface area contributed by atoms with Gasteiger partial charge in [0.2, 0.25) is 0 Å². The van der Waals surface area contributed by atoms with E-state index in [4.69, 9.17) is 4.74 Å². The summed E-state index contributed by atoms with van der Waals surface area (Å²) in [5.74, 6) is -1.59. The summed E-state index contributed by atoms with van der Waals surface area (Å²) < 4.78 is 5.18. The van der Waals surface area contributed by atoms with Gasteiger partial charge in [0.05, 0.1) is 13.2 Å². The van der Waals surface area contributed by atoms with Crippen LogP contribution in [0, 0.1) is 0 Å². The monoisotopic (exact) mass is 331 g/mol. The lowest BCUT2D eigenvalue weighted by Gasteiger charge is -2.26. The van der Waals surface area contributed by atoms with Gasteiger partial charge in [-0.2, -0.15) is 0 Å². The minimum Gasteiger partial charge on any atom is -0.378 e. The Labute approximate surface area is 140 Å². The zero-order chi connectivity index (χ0) is 17.3. The Bertz CT molecular complexity index is 668. The maximum absolute atomic E-state index is 12.7. The van der Waals surface area contributed by atoms with Gasteiger partial charge in [-0.15, -0.1) is 0 Å². The molecule has 0 unspecified atom stereocenters. The number of nitrogens with zero attached hydrogens (tertiary/aromatic N) is 2. The fraction of sp³-hybridized carbons (Fsp3) is 0.471. The van der Waals surface area contributed by atoms with Crippen molar-refractivity contribution in [2.75, 3.05) is 31.2 Å². The number of anilines is 1. The fourth-order valence-corrected chi connectivity index (χ4v) is 3.12. The van der Waals surface area contributed by atoms with E-state index >= 15 is 0 Å². The highest BCUT2D eigenvalue weighted by atomic mass is 16.5. The Morgan fingerprint density at radius 1 is 1.21 bits per heavy atom. The van der Waals surface area contributed by atoms with Crippen LogP contribution in [0.15, 0.2) is 24.3 Å². The first-order chi connectivity index (χ1) is 11.5. The van der Waals surface area contributed by atoms with Crippen molar-refractivity contribution in [2.45, 2.75) is 25.9 Å². The number of hydrogen-bond donors (Lipinski definition) is 1. The summed E-state index contributed by atoms with van der Waals surface area (Å²) in [5, 5.41) is 2.60. The van der Waals surface area contributed by atoms with Crippen LogP contribution in [0.2, 0.25) is 0 Å². The van der Waals surface area contributed by atoms with Crippen LogP contribution in [0.3, 0.4) is 0 Å². The quantitative estimate of drug-likeness (QED) is 0.799. The van der Waals surface area contributed by atoms with E-state index in [0.29, 0.717) is 26.3 Å². The van der Waals surface area contributed by atoms with Gasteiger partial charge in [-0.25, -0.2) is 0 Å². The van der Waals surface area contributed by atoms with Crippen molar-refractivity contribution in [1.29, 1.82) is 0 Å². The molecule has 7 heteroatoms. The number of rotatable bonds is 2. The van der Waals surface area contributed by atoms with E-state index in [1.165, 1.54) is 4.90 Å². The van der Waals surface area contributed by atoms with Gasteiger partial charge in [0.15, 0.2) is 0 Å². The lowest BCUT2D eigenvalue weighted by atomic mass is 10.1. The molecule has 1 aromatic carbocycles. The van der Waals surface area contributed by atoms with Crippen molar-refractivity contribution >= 4 is 23.4 Å². The van der Waals surface area contributed by atoms with Crippen LogP contribution in [0.1, 0.15) is 25.5 Å². The molecule has 1 aromatic rings. The summed E-state index contributed by atoms with van der Waals surface area (Å²) in [4.78, 5) is 40.4. The Balaban J connectivity index is 1.78. The lowest BCUT2D eigenvalue weighted by molar-refractivity contribution is -0.149. The highest BCUT2D eigenvalue weighted by Gasteiger charge is 2.40. The van der Waals surface area contributed by atoms with Gasteiger partial charge in [0.25, 0.3) is 5.91 Å². The maximum atomic E-state index is 12.7. The second-order valence-electron chi connectivity index (χ2n) is 6.17. The Hall–Kier alpha value is -2.41. The summed E-state index contributed by atoms with van der Waals surface area (Å²) in [6.45, 7) is 5.45. The van der Waals surface area contributed by atoms with E-state index in [1.807, 2.05) is 32.0 Å². The molecule has 2 aliphatic heterocycles. The van der Waals surface area contributed by atoms with Crippen molar-refractivity contribution in [1.82, 2.24) is 10.2 Å². The standard InChI is InChI=1S/C17H21N3O4/c1-11(2)20-13-6-4-3-5-12(13)14(16(20)22)18-15(21)17(23)19-7-9-24-10-8-19/h3-6,11,14H,7-10H2,1-2H3,(H,18,21)/t14-/m0/s1. The van der Waals surface area contributed by atoms with Gasteiger partial charge in [-0.05, 0) is 19.9 Å². The smallest absolute Gasteiger partial charge is 0.312 e. The molecule has 3 rings (SSSR count). The van der Waals surface area contributed by atoms with Crippen molar-refractivity contribution in [2.24, 2.45) is 0 Å². The number of benzene rings is 1. The number of ether oxygens (including phenoxy) is 1. The number of para-hydroxylation sites is 1. The topological polar surface area (TPSA) is 79.0 Å². The summed E-state index contributed by atoms with van der Waals surface area (Å²) in [6, 6.07) is 6.48. The highest BCUT2D eigenvalue weighted by molar-refractivity contribution is 6.35. The molecule has 1 saturated heterocycles. The SMILES string of the molecule is CC(C)N1C(=O)[C@@H](NC(=O)C(=O)N2CCOCC2)c2ccccc21. The molecule has 2 aliphatic rings. The van der Waals surface area contributed by atoms with Gasteiger partial charge in [-0.3, -0.25) is 14.4 Å². The van der Waals surface area contributed by atoms with Gasteiger partial charge >= 0.3 is 11.8 Å². The number of nitrogens with one attached hydrogen (secondary N) is 1. The molecule has 0 aromatic heterocycles. The fourth-order valence-electron chi connectivity index (χ4n) is 3.12. The van der Waals surface area contributed by atoms with Gasteiger partial charge in [0, 0.05) is 30.4 Å². The molecular formula is C17H21N3O4. The third-order valence-electron chi connectivity index (χ3n) is 4.28. The molecule has 2 heterocycles. The first-order valence-electron chi connectivity index (χ1n) is 8.10. The molecule has 0 radical (unpaired) electrons. The number of amides is 3. The Kier molecular flexibility index (Phi) is 4.53. The largest absolute Gasteiger partial charge is 0.378 e. The first kappa shape index (κ1) is 16.4. The minimum absolute atomic E-state index is 0.0319. The van der Waals surface area contributed by atoms with E-state index in [2.05, 4.69) is 5.32 Å². The summed E-state index contributed by atoms with van der Waals surface area (Å²) in [5.41, 5.74) is 1.50. The molecule has 3 amide bonds. The number of carbonyl (C=O) groups excluding carboxylic acids is 3. The molecule has 1 N–H and O–H groups in total. The molecule has 0 saturated carbocycles. The molecule has 1 atom stereocenters. The minimum atomic E-state index is -0.818. The molecule has 7 nitrogen and oxygen atoms in total. The van der Waals surface area contributed by atoms with E-state index in [0.717, 1.165) is 11.3 Å². The van der Waals surface area contributed by atoms with E-state index < -0.39 is 17.9 Å². The van der Waals surface area contributed by atoms with Crippen molar-refractivity contribution < 1.29 is 19.1 Å². The number of fused-ring (bicyclic) bond motifs is 1. The zero-order valence-electron chi connectivity index (χ0n) is 13.8. The van der Waals surface area contributed by atoms with Crippen molar-refractivity contribution in [3.8, 4) is 0 Å². The maximum Gasteiger partial charge on any atom is 0.312 e. The molecule has 1 fully saturated rings. The zero-order valence-corrected chi connectivity index (χ0v) is 13.8. The predicted molar refractivity (Wildman–Crippen MR) is 87.3 cm³/mol. The predicted octanol–water partition coefficient (Wildman–Crippen LogP) is 0.458. The molecule has 0 bridgehead atoms. The molecule has 0 spiro atoms. The number of morpholine rings is 1. The molecule has 128 valence electrons. The summed E-state index contributed by atoms with van der Waals surface area (Å²) in [7, 11) is 0. The second-order valence-corrected chi connectivity index (χ2v) is 6.17. The number of carbonyl (C=O) groups is 3. The molecule has 24 heavy (non-hydrogen) atoms. The average molecular weight is 331 g/mol. The highest BCUT2D eigenvalue weighted by Crippen LogP contribution is 2.36. The Morgan fingerprint density at radius 2 is 1.88 bits per heavy atom. The van der Waals surface area contributed by atoms with Crippen LogP contribution < -0.4 is 10.2 Å². The van der Waals surface area contributed by atoms with Crippen LogP contribution >= 0.6 is 0 Å². The van der Waals surface area contributed by atoms with Crippen molar-refractivity contribution in [3.63, 3.8) is 0 Å². The van der Waals surface area contributed by atoms with Gasteiger partial charge in [0.1, 0.15) is 6.04 Å². The Morgan fingerprint density at radius 3 is 2.54 bits per heavy atom. The lowest BCUT2D eigenvalue weighted by Crippen LogP contribution is -2.50. The molecular weight excluding hydrogens is 310 g/mol. The van der Waals surface area contributed by atoms with Crippen LogP contribution in [0.4, 0.5) is 5.69 Å². The summed E-state index contributed by atoms with van der Waals surface area (Å²) in [6.07, 6.45) is 0. The van der Waals surface area contributed by atoms with Crippen LogP contribution in [-0.4, -0.2) is 55.0 Å². The van der Waals surface area contributed by atoms with E-state index in [-0.39, 0.29) is 11.9 Å². The van der Waals surface area contributed by atoms with Gasteiger partial charge < -0.3 is 19.9 Å². The van der Waals surface area contributed by atoms with Gasteiger partial charge in [-0.1, -0.05) is 18.2 Å². The third-order valence-corrected chi connectivity index (χ3v) is 4.28. The van der Waals surface area contributed by atoms with Crippen LogP contribution in [-0.2, 0) is 19.1 Å². The average Bonchev–Trinajstić information content (AvgIpc) is 2.87. The first-order valence-corrected chi connectivity index (χ1v) is 8.10. The second kappa shape index (κ2) is 6.60. The van der Waals surface area contributed by atoms with Crippen LogP contribution in [0.5, 0.6) is 0 Å².